The van der Waals surface area contributed by atoms with Crippen LogP contribution in [-0.4, -0.2) is 34.3 Å². The second-order valence-corrected chi connectivity index (χ2v) is 5.62. The minimum atomic E-state index is -0.118. The van der Waals surface area contributed by atoms with Gasteiger partial charge in [0.1, 0.15) is 11.5 Å². The van der Waals surface area contributed by atoms with Crippen molar-refractivity contribution in [2.24, 2.45) is 0 Å². The predicted octanol–water partition coefficient (Wildman–Crippen LogP) is 2.55. The maximum atomic E-state index is 12.0. The molecule has 120 valence electrons. The van der Waals surface area contributed by atoms with E-state index in [4.69, 9.17) is 4.42 Å². The topological polar surface area (TPSA) is 63.3 Å². The highest BCUT2D eigenvalue weighted by atomic mass is 16.3. The molecule has 0 radical (unpaired) electrons. The van der Waals surface area contributed by atoms with Crippen molar-refractivity contribution in [1.82, 2.24) is 20.0 Å². The molecule has 1 N–H and O–H groups in total. The number of rotatable bonds is 5. The lowest BCUT2D eigenvalue weighted by molar-refractivity contribution is 0.202. The van der Waals surface area contributed by atoms with Crippen molar-refractivity contribution in [3.8, 4) is 0 Å². The van der Waals surface area contributed by atoms with E-state index < -0.39 is 0 Å². The Kier molecular flexibility index (Phi) is 4.90. The Labute approximate surface area is 131 Å². The average molecular weight is 304 g/mol. The number of hydrogen-bond acceptors (Lipinski definition) is 3. The summed E-state index contributed by atoms with van der Waals surface area (Å²) in [5.74, 6) is 1.63. The minimum Gasteiger partial charge on any atom is -0.464 e. The van der Waals surface area contributed by atoms with Gasteiger partial charge in [0.05, 0.1) is 18.8 Å². The minimum absolute atomic E-state index is 0.118. The second-order valence-electron chi connectivity index (χ2n) is 5.62. The Morgan fingerprint density at radius 2 is 2.05 bits per heavy atom. The third kappa shape index (κ3) is 3.69. The monoisotopic (exact) mass is 304 g/mol. The van der Waals surface area contributed by atoms with Crippen LogP contribution in [0.5, 0.6) is 0 Å². The van der Waals surface area contributed by atoms with Gasteiger partial charge in [-0.25, -0.2) is 4.79 Å². The highest BCUT2D eigenvalue weighted by Crippen LogP contribution is 2.10. The normalized spacial score (nSPS) is 10.8. The summed E-state index contributed by atoms with van der Waals surface area (Å²) in [5, 5.41) is 7.36. The van der Waals surface area contributed by atoms with Crippen LogP contribution in [0.1, 0.15) is 28.5 Å². The van der Waals surface area contributed by atoms with E-state index >= 15 is 0 Å². The smallest absolute Gasteiger partial charge is 0.317 e. The summed E-state index contributed by atoms with van der Waals surface area (Å²) < 4.78 is 7.41. The molecule has 0 bridgehead atoms. The number of nitrogens with zero attached hydrogens (tertiary/aromatic N) is 3. The summed E-state index contributed by atoms with van der Waals surface area (Å²) in [7, 11) is 1.75. The van der Waals surface area contributed by atoms with Crippen molar-refractivity contribution in [2.45, 2.75) is 40.8 Å². The number of carbonyl (C=O) groups is 1. The maximum absolute atomic E-state index is 12.0. The molecule has 0 saturated heterocycles. The zero-order valence-corrected chi connectivity index (χ0v) is 13.9. The van der Waals surface area contributed by atoms with Crippen LogP contribution in [-0.2, 0) is 13.1 Å². The molecule has 2 aromatic rings. The molecule has 6 heteroatoms. The van der Waals surface area contributed by atoms with Gasteiger partial charge in [-0.3, -0.25) is 4.68 Å². The number of aromatic nitrogens is 2. The summed E-state index contributed by atoms with van der Waals surface area (Å²) >= 11 is 0. The van der Waals surface area contributed by atoms with Crippen LogP contribution < -0.4 is 5.32 Å². The van der Waals surface area contributed by atoms with Crippen molar-refractivity contribution < 1.29 is 9.21 Å². The highest BCUT2D eigenvalue weighted by molar-refractivity contribution is 5.73. The van der Waals surface area contributed by atoms with Gasteiger partial charge in [-0.2, -0.15) is 5.10 Å². The molecule has 0 aliphatic carbocycles. The van der Waals surface area contributed by atoms with Gasteiger partial charge in [0.15, 0.2) is 0 Å². The Morgan fingerprint density at radius 1 is 1.32 bits per heavy atom. The Bertz CT molecular complexity index is 657. The molecule has 2 heterocycles. The van der Waals surface area contributed by atoms with E-state index in [1.807, 2.05) is 37.6 Å². The van der Waals surface area contributed by atoms with Crippen molar-refractivity contribution in [3.63, 3.8) is 0 Å². The molecular formula is C16H24N4O2. The second kappa shape index (κ2) is 6.68. The van der Waals surface area contributed by atoms with Crippen molar-refractivity contribution >= 4 is 6.03 Å². The standard InChI is InChI=1S/C16H24N4O2/c1-11-6-7-15(22-11)10-19(5)16(21)17-8-9-20-14(4)12(2)13(3)18-20/h6-7H,8-10H2,1-5H3,(H,17,21). The Balaban J connectivity index is 1.80. The van der Waals surface area contributed by atoms with Crippen LogP contribution in [0.25, 0.3) is 0 Å². The van der Waals surface area contributed by atoms with Gasteiger partial charge in [0, 0.05) is 19.3 Å². The highest BCUT2D eigenvalue weighted by Gasteiger charge is 2.11. The summed E-state index contributed by atoms with van der Waals surface area (Å²) in [5.41, 5.74) is 3.39. The largest absolute Gasteiger partial charge is 0.464 e. The number of carbonyl (C=O) groups excluding carboxylic acids is 1. The molecule has 0 atom stereocenters. The van der Waals surface area contributed by atoms with Crippen LogP contribution >= 0.6 is 0 Å². The number of aryl methyl sites for hydroxylation is 2. The molecule has 0 aliphatic heterocycles. The fourth-order valence-corrected chi connectivity index (χ4v) is 2.28. The molecule has 2 aromatic heterocycles. The van der Waals surface area contributed by atoms with Crippen molar-refractivity contribution in [3.05, 3.63) is 40.6 Å². The fourth-order valence-electron chi connectivity index (χ4n) is 2.28. The first-order valence-electron chi connectivity index (χ1n) is 7.43. The van der Waals surface area contributed by atoms with E-state index in [1.54, 1.807) is 11.9 Å². The zero-order chi connectivity index (χ0) is 16.3. The molecule has 0 aromatic carbocycles. The average Bonchev–Trinajstić information content (AvgIpc) is 2.98. The molecule has 6 nitrogen and oxygen atoms in total. The number of urea groups is 1. The third-order valence-corrected chi connectivity index (χ3v) is 3.88. The van der Waals surface area contributed by atoms with Crippen LogP contribution in [0.2, 0.25) is 0 Å². The Hall–Kier alpha value is -2.24. The molecule has 2 rings (SSSR count). The molecule has 0 aliphatic rings. The van der Waals surface area contributed by atoms with Gasteiger partial charge in [0.25, 0.3) is 0 Å². The Morgan fingerprint density at radius 3 is 2.59 bits per heavy atom. The van der Waals surface area contributed by atoms with Crippen LogP contribution in [0.3, 0.4) is 0 Å². The summed E-state index contributed by atoms with van der Waals surface area (Å²) in [6.45, 7) is 9.66. The summed E-state index contributed by atoms with van der Waals surface area (Å²) in [6, 6.07) is 3.66. The lowest BCUT2D eigenvalue weighted by Gasteiger charge is -2.17. The van der Waals surface area contributed by atoms with Gasteiger partial charge in [-0.15, -0.1) is 0 Å². The molecule has 2 amide bonds. The van der Waals surface area contributed by atoms with E-state index in [0.717, 1.165) is 22.9 Å². The molecule has 22 heavy (non-hydrogen) atoms. The molecule has 0 saturated carbocycles. The van der Waals surface area contributed by atoms with Crippen LogP contribution in [0.4, 0.5) is 4.79 Å². The van der Waals surface area contributed by atoms with Gasteiger partial charge in [-0.1, -0.05) is 0 Å². The van der Waals surface area contributed by atoms with E-state index in [2.05, 4.69) is 17.3 Å². The van der Waals surface area contributed by atoms with Crippen molar-refractivity contribution in [2.75, 3.05) is 13.6 Å². The molecule has 0 fully saturated rings. The molecular weight excluding hydrogens is 280 g/mol. The molecule has 0 unspecified atom stereocenters. The number of amides is 2. The van der Waals surface area contributed by atoms with Crippen molar-refractivity contribution in [1.29, 1.82) is 0 Å². The summed E-state index contributed by atoms with van der Waals surface area (Å²) in [4.78, 5) is 13.6. The van der Waals surface area contributed by atoms with E-state index in [1.165, 1.54) is 5.56 Å². The van der Waals surface area contributed by atoms with Crippen LogP contribution in [0, 0.1) is 27.7 Å². The predicted molar refractivity (Wildman–Crippen MR) is 84.7 cm³/mol. The number of furan rings is 1. The van der Waals surface area contributed by atoms with Gasteiger partial charge < -0.3 is 14.6 Å². The first-order chi connectivity index (χ1) is 10.4. The van der Waals surface area contributed by atoms with E-state index in [9.17, 15) is 4.79 Å². The lowest BCUT2D eigenvalue weighted by Crippen LogP contribution is -2.38. The SMILES string of the molecule is Cc1ccc(CN(C)C(=O)NCCn2nc(C)c(C)c2C)o1. The molecule has 0 spiro atoms. The first-order valence-corrected chi connectivity index (χ1v) is 7.43. The quantitative estimate of drug-likeness (QED) is 0.923. The third-order valence-electron chi connectivity index (χ3n) is 3.88. The summed E-state index contributed by atoms with van der Waals surface area (Å²) in [6.07, 6.45) is 0. The van der Waals surface area contributed by atoms with Gasteiger partial charge >= 0.3 is 6.03 Å². The maximum Gasteiger partial charge on any atom is 0.317 e. The lowest BCUT2D eigenvalue weighted by atomic mass is 10.2. The van der Waals surface area contributed by atoms with E-state index in [0.29, 0.717) is 19.6 Å². The van der Waals surface area contributed by atoms with Gasteiger partial charge in [0.2, 0.25) is 0 Å². The van der Waals surface area contributed by atoms with Gasteiger partial charge in [-0.05, 0) is 45.4 Å². The number of nitrogens with one attached hydrogen (secondary N) is 1. The fraction of sp³-hybridized carbons (Fsp3) is 0.500. The first kappa shape index (κ1) is 16.1. The number of hydrogen-bond donors (Lipinski definition) is 1. The van der Waals surface area contributed by atoms with E-state index in [-0.39, 0.29) is 6.03 Å². The van der Waals surface area contributed by atoms with Crippen LogP contribution in [0.15, 0.2) is 16.5 Å². The zero-order valence-electron chi connectivity index (χ0n) is 13.9.